The molecule has 6 nitrogen and oxygen atoms in total. The highest BCUT2D eigenvalue weighted by atomic mass is 16.5. The van der Waals surface area contributed by atoms with E-state index in [1.54, 1.807) is 18.3 Å². The van der Waals surface area contributed by atoms with Gasteiger partial charge in [0.25, 0.3) is 5.91 Å². The molecule has 1 aromatic heterocycles. The molecule has 0 aromatic carbocycles. The number of nitrogens with zero attached hydrogens (tertiary/aromatic N) is 3. The number of carbonyl (C=O) groups is 1. The second-order valence-corrected chi connectivity index (χ2v) is 6.24. The Labute approximate surface area is 136 Å². The molecule has 3 heterocycles. The minimum absolute atomic E-state index is 0.0421. The SMILES string of the molecule is C=CCOCC12CCCOC1CCN(C(=O)c1ccncn1)C2. The topological polar surface area (TPSA) is 64.6 Å². The lowest BCUT2D eigenvalue weighted by Crippen LogP contribution is -2.58. The summed E-state index contributed by atoms with van der Waals surface area (Å²) in [7, 11) is 0. The second kappa shape index (κ2) is 7.19. The first-order chi connectivity index (χ1) is 11.2. The number of fused-ring (bicyclic) bond motifs is 1. The first kappa shape index (κ1) is 16.1. The van der Waals surface area contributed by atoms with Crippen molar-refractivity contribution in [2.75, 3.05) is 32.9 Å². The molecule has 2 atom stereocenters. The molecule has 1 amide bonds. The van der Waals surface area contributed by atoms with Crippen LogP contribution >= 0.6 is 0 Å². The normalized spacial score (nSPS) is 27.3. The van der Waals surface area contributed by atoms with Crippen molar-refractivity contribution >= 4 is 5.91 Å². The lowest BCUT2D eigenvalue weighted by Gasteiger charge is -2.50. The highest BCUT2D eigenvalue weighted by molar-refractivity contribution is 5.92. The van der Waals surface area contributed by atoms with E-state index in [1.807, 2.05) is 4.90 Å². The fourth-order valence-electron chi connectivity index (χ4n) is 3.60. The van der Waals surface area contributed by atoms with Crippen LogP contribution in [-0.4, -0.2) is 59.8 Å². The molecule has 1 aromatic rings. The molecule has 0 bridgehead atoms. The van der Waals surface area contributed by atoms with Crippen molar-refractivity contribution in [2.45, 2.75) is 25.4 Å². The molecular formula is C17H23N3O3. The Morgan fingerprint density at radius 3 is 3.30 bits per heavy atom. The first-order valence-corrected chi connectivity index (χ1v) is 8.11. The molecule has 0 saturated carbocycles. The zero-order valence-electron chi connectivity index (χ0n) is 13.3. The minimum atomic E-state index is -0.123. The van der Waals surface area contributed by atoms with Gasteiger partial charge in [-0.05, 0) is 25.3 Å². The van der Waals surface area contributed by atoms with Crippen LogP contribution in [0.5, 0.6) is 0 Å². The van der Waals surface area contributed by atoms with Crippen molar-refractivity contribution in [1.82, 2.24) is 14.9 Å². The van der Waals surface area contributed by atoms with Gasteiger partial charge in [0, 0.05) is 31.3 Å². The second-order valence-electron chi connectivity index (χ2n) is 6.24. The van der Waals surface area contributed by atoms with Gasteiger partial charge in [-0.3, -0.25) is 4.79 Å². The smallest absolute Gasteiger partial charge is 0.272 e. The molecule has 3 rings (SSSR count). The van der Waals surface area contributed by atoms with Crippen LogP contribution in [0.25, 0.3) is 0 Å². The van der Waals surface area contributed by atoms with E-state index in [-0.39, 0.29) is 17.4 Å². The van der Waals surface area contributed by atoms with Crippen LogP contribution in [0.3, 0.4) is 0 Å². The van der Waals surface area contributed by atoms with E-state index in [4.69, 9.17) is 9.47 Å². The Kier molecular flexibility index (Phi) is 5.03. The number of piperidine rings is 1. The van der Waals surface area contributed by atoms with Gasteiger partial charge in [-0.25, -0.2) is 9.97 Å². The molecule has 2 aliphatic heterocycles. The molecule has 2 unspecified atom stereocenters. The van der Waals surface area contributed by atoms with Gasteiger partial charge >= 0.3 is 0 Å². The lowest BCUT2D eigenvalue weighted by molar-refractivity contribution is -0.144. The largest absolute Gasteiger partial charge is 0.377 e. The summed E-state index contributed by atoms with van der Waals surface area (Å²) >= 11 is 0. The summed E-state index contributed by atoms with van der Waals surface area (Å²) in [6.45, 7) is 6.95. The zero-order chi connectivity index (χ0) is 16.1. The standard InChI is InChI=1S/C17H23N3O3/c1-2-9-22-12-17-6-3-10-23-15(17)5-8-20(11-17)16(21)14-4-7-18-13-19-14/h2,4,7,13,15H,1,3,5-6,8-12H2. The van der Waals surface area contributed by atoms with Gasteiger partial charge in [-0.15, -0.1) is 6.58 Å². The summed E-state index contributed by atoms with van der Waals surface area (Å²) in [5, 5.41) is 0. The third kappa shape index (κ3) is 3.43. The molecule has 2 aliphatic rings. The van der Waals surface area contributed by atoms with Crippen LogP contribution in [0.4, 0.5) is 0 Å². The Bertz CT molecular complexity index is 551. The predicted octanol–water partition coefficient (Wildman–Crippen LogP) is 1.69. The van der Waals surface area contributed by atoms with E-state index in [9.17, 15) is 4.79 Å². The third-order valence-corrected chi connectivity index (χ3v) is 4.70. The molecule has 0 aliphatic carbocycles. The van der Waals surface area contributed by atoms with Crippen LogP contribution in [0.15, 0.2) is 31.2 Å². The monoisotopic (exact) mass is 317 g/mol. The third-order valence-electron chi connectivity index (χ3n) is 4.70. The average Bonchev–Trinajstić information content (AvgIpc) is 2.61. The van der Waals surface area contributed by atoms with Crippen molar-refractivity contribution in [1.29, 1.82) is 0 Å². The number of hydrogen-bond acceptors (Lipinski definition) is 5. The summed E-state index contributed by atoms with van der Waals surface area (Å²) in [4.78, 5) is 22.5. The maximum atomic E-state index is 12.7. The molecule has 0 N–H and O–H groups in total. The van der Waals surface area contributed by atoms with Gasteiger partial charge in [0.1, 0.15) is 12.0 Å². The van der Waals surface area contributed by atoms with Crippen LogP contribution in [0.2, 0.25) is 0 Å². The number of likely N-dealkylation sites (tertiary alicyclic amines) is 1. The van der Waals surface area contributed by atoms with E-state index in [0.717, 1.165) is 25.9 Å². The number of carbonyl (C=O) groups excluding carboxylic acids is 1. The fraction of sp³-hybridized carbons (Fsp3) is 0.588. The minimum Gasteiger partial charge on any atom is -0.377 e. The molecule has 0 spiro atoms. The molecule has 2 fully saturated rings. The van der Waals surface area contributed by atoms with Gasteiger partial charge in [-0.2, -0.15) is 0 Å². The summed E-state index contributed by atoms with van der Waals surface area (Å²) < 4.78 is 11.7. The molecule has 2 saturated heterocycles. The Morgan fingerprint density at radius 1 is 1.61 bits per heavy atom. The number of amides is 1. The number of rotatable bonds is 5. The van der Waals surface area contributed by atoms with Crippen molar-refractivity contribution in [3.05, 3.63) is 36.9 Å². The predicted molar refractivity (Wildman–Crippen MR) is 85.0 cm³/mol. The van der Waals surface area contributed by atoms with E-state index in [1.165, 1.54) is 6.33 Å². The maximum Gasteiger partial charge on any atom is 0.272 e. The number of hydrogen-bond donors (Lipinski definition) is 0. The highest BCUT2D eigenvalue weighted by Crippen LogP contribution is 2.40. The zero-order valence-corrected chi connectivity index (χ0v) is 13.3. The molecule has 23 heavy (non-hydrogen) atoms. The van der Waals surface area contributed by atoms with E-state index >= 15 is 0 Å². The van der Waals surface area contributed by atoms with Crippen LogP contribution in [-0.2, 0) is 9.47 Å². The average molecular weight is 317 g/mol. The summed E-state index contributed by atoms with van der Waals surface area (Å²) in [6, 6.07) is 1.66. The van der Waals surface area contributed by atoms with Crippen molar-refractivity contribution < 1.29 is 14.3 Å². The number of aromatic nitrogens is 2. The highest BCUT2D eigenvalue weighted by Gasteiger charge is 2.47. The van der Waals surface area contributed by atoms with E-state index in [0.29, 0.717) is 32.0 Å². The number of ether oxygens (including phenoxy) is 2. The molecule has 6 heteroatoms. The van der Waals surface area contributed by atoms with Crippen molar-refractivity contribution in [3.8, 4) is 0 Å². The molecule has 124 valence electrons. The Hall–Kier alpha value is -1.79. The Balaban J connectivity index is 1.75. The molecule has 0 radical (unpaired) electrons. The first-order valence-electron chi connectivity index (χ1n) is 8.11. The lowest BCUT2D eigenvalue weighted by atomic mass is 9.73. The van der Waals surface area contributed by atoms with Crippen LogP contribution < -0.4 is 0 Å². The Morgan fingerprint density at radius 2 is 2.52 bits per heavy atom. The van der Waals surface area contributed by atoms with Gasteiger partial charge in [0.15, 0.2) is 0 Å². The van der Waals surface area contributed by atoms with Gasteiger partial charge in [-0.1, -0.05) is 6.08 Å². The van der Waals surface area contributed by atoms with Crippen LogP contribution in [0.1, 0.15) is 29.8 Å². The maximum absolute atomic E-state index is 12.7. The summed E-state index contributed by atoms with van der Waals surface area (Å²) in [5.41, 5.74) is 0.319. The van der Waals surface area contributed by atoms with Crippen molar-refractivity contribution in [3.63, 3.8) is 0 Å². The van der Waals surface area contributed by atoms with Gasteiger partial charge < -0.3 is 14.4 Å². The quantitative estimate of drug-likeness (QED) is 0.611. The fourth-order valence-corrected chi connectivity index (χ4v) is 3.60. The summed E-state index contributed by atoms with van der Waals surface area (Å²) in [6.07, 6.45) is 7.78. The van der Waals surface area contributed by atoms with Crippen LogP contribution in [0, 0.1) is 5.41 Å². The van der Waals surface area contributed by atoms with Gasteiger partial charge in [0.2, 0.25) is 0 Å². The van der Waals surface area contributed by atoms with E-state index < -0.39 is 0 Å². The van der Waals surface area contributed by atoms with Crippen molar-refractivity contribution in [2.24, 2.45) is 5.41 Å². The van der Waals surface area contributed by atoms with Gasteiger partial charge in [0.05, 0.1) is 19.3 Å². The summed E-state index contributed by atoms with van der Waals surface area (Å²) in [5.74, 6) is -0.0421. The van der Waals surface area contributed by atoms with E-state index in [2.05, 4.69) is 16.5 Å². The molecular weight excluding hydrogens is 294 g/mol.